The van der Waals surface area contributed by atoms with Gasteiger partial charge in [-0.15, -0.1) is 6.58 Å². The van der Waals surface area contributed by atoms with Gasteiger partial charge in [-0.2, -0.15) is 0 Å². The summed E-state index contributed by atoms with van der Waals surface area (Å²) in [6.07, 6.45) is 9.51. The van der Waals surface area contributed by atoms with Crippen molar-refractivity contribution < 1.29 is 5.11 Å². The molecule has 0 amide bonds. The standard InChI is InChI=1S/C20H32O/c1-6-14-7-8-16-18(14)19(21)13(4)11-17-15(12(2)3)9-10-20(16,17)5/h6,11-12,14-19,21H,1,7-10H2,2-5H3/t14-,15-,16-,17-,18+,19?,20+/m0/s1. The van der Waals surface area contributed by atoms with Crippen molar-refractivity contribution in [3.8, 4) is 0 Å². The molecule has 0 saturated heterocycles. The zero-order valence-electron chi connectivity index (χ0n) is 14.2. The van der Waals surface area contributed by atoms with E-state index in [1.54, 1.807) is 0 Å². The lowest BCUT2D eigenvalue weighted by Gasteiger charge is -2.41. The fourth-order valence-electron chi connectivity index (χ4n) is 6.05. The normalized spacial score (nSPS) is 49.5. The zero-order valence-corrected chi connectivity index (χ0v) is 14.2. The Kier molecular flexibility index (Phi) is 3.84. The summed E-state index contributed by atoms with van der Waals surface area (Å²) in [6, 6.07) is 0. The first kappa shape index (κ1) is 15.3. The molecule has 21 heavy (non-hydrogen) atoms. The minimum atomic E-state index is -0.254. The Morgan fingerprint density at radius 2 is 2.05 bits per heavy atom. The molecule has 7 atom stereocenters. The van der Waals surface area contributed by atoms with Gasteiger partial charge in [0.15, 0.2) is 0 Å². The van der Waals surface area contributed by atoms with Gasteiger partial charge >= 0.3 is 0 Å². The lowest BCUT2D eigenvalue weighted by molar-refractivity contribution is 0.0363. The second kappa shape index (κ2) is 5.26. The molecule has 2 saturated carbocycles. The van der Waals surface area contributed by atoms with Gasteiger partial charge in [0.05, 0.1) is 6.10 Å². The molecule has 3 aliphatic carbocycles. The Bertz CT molecular complexity index is 449. The van der Waals surface area contributed by atoms with Gasteiger partial charge in [0.25, 0.3) is 0 Å². The Balaban J connectivity index is 2.04. The third-order valence-corrected chi connectivity index (χ3v) is 7.29. The molecule has 1 N–H and O–H groups in total. The van der Waals surface area contributed by atoms with Crippen LogP contribution in [0.15, 0.2) is 24.3 Å². The van der Waals surface area contributed by atoms with Gasteiger partial charge in [-0.3, -0.25) is 0 Å². The predicted octanol–water partition coefficient (Wildman–Crippen LogP) is 4.82. The molecule has 1 unspecified atom stereocenters. The van der Waals surface area contributed by atoms with Crippen molar-refractivity contribution in [2.75, 3.05) is 0 Å². The summed E-state index contributed by atoms with van der Waals surface area (Å²) >= 11 is 0. The van der Waals surface area contributed by atoms with E-state index in [1.165, 1.54) is 31.3 Å². The first-order valence-electron chi connectivity index (χ1n) is 8.89. The Labute approximate surface area is 130 Å². The van der Waals surface area contributed by atoms with Gasteiger partial charge in [-0.05, 0) is 79.1 Å². The first-order chi connectivity index (χ1) is 9.90. The van der Waals surface area contributed by atoms with E-state index in [2.05, 4.69) is 46.4 Å². The van der Waals surface area contributed by atoms with E-state index in [4.69, 9.17) is 0 Å². The van der Waals surface area contributed by atoms with Crippen LogP contribution in [0.4, 0.5) is 0 Å². The highest BCUT2D eigenvalue weighted by Crippen LogP contribution is 2.62. The van der Waals surface area contributed by atoms with Crippen LogP contribution >= 0.6 is 0 Å². The van der Waals surface area contributed by atoms with Crippen LogP contribution in [0.1, 0.15) is 53.4 Å². The number of aliphatic hydroxyl groups excluding tert-OH is 1. The second-order valence-electron chi connectivity index (χ2n) is 8.49. The maximum absolute atomic E-state index is 10.9. The molecular formula is C20H32O. The van der Waals surface area contributed by atoms with E-state index in [0.29, 0.717) is 29.1 Å². The molecule has 0 heterocycles. The molecular weight excluding hydrogens is 256 g/mol. The van der Waals surface area contributed by atoms with Gasteiger partial charge in [0.1, 0.15) is 0 Å². The maximum atomic E-state index is 10.9. The third kappa shape index (κ3) is 2.15. The highest BCUT2D eigenvalue weighted by molar-refractivity contribution is 5.22. The number of aliphatic hydroxyl groups is 1. The van der Waals surface area contributed by atoms with Crippen LogP contribution in [0.5, 0.6) is 0 Å². The number of allylic oxidation sites excluding steroid dienone is 2. The monoisotopic (exact) mass is 288 g/mol. The first-order valence-corrected chi connectivity index (χ1v) is 8.89. The van der Waals surface area contributed by atoms with Gasteiger partial charge in [-0.1, -0.05) is 32.9 Å². The second-order valence-corrected chi connectivity index (χ2v) is 8.49. The minimum Gasteiger partial charge on any atom is -0.388 e. The molecule has 0 aromatic heterocycles. The summed E-state index contributed by atoms with van der Waals surface area (Å²) in [5.74, 6) is 3.76. The van der Waals surface area contributed by atoms with Gasteiger partial charge in [0.2, 0.25) is 0 Å². The average molecular weight is 288 g/mol. The third-order valence-electron chi connectivity index (χ3n) is 7.29. The van der Waals surface area contributed by atoms with Gasteiger partial charge < -0.3 is 5.11 Å². The SMILES string of the molecule is C=C[C@H]1CC[C@H]2[C@@H]1C(O)C(C)=C[C@H]1[C@H](C(C)C)CC[C@@]12C. The van der Waals surface area contributed by atoms with Crippen molar-refractivity contribution in [2.45, 2.75) is 59.5 Å². The molecule has 2 fully saturated rings. The topological polar surface area (TPSA) is 20.2 Å². The van der Waals surface area contributed by atoms with Crippen LogP contribution in [0.2, 0.25) is 0 Å². The van der Waals surface area contributed by atoms with E-state index < -0.39 is 0 Å². The van der Waals surface area contributed by atoms with E-state index in [0.717, 1.165) is 11.8 Å². The summed E-state index contributed by atoms with van der Waals surface area (Å²) in [6.45, 7) is 13.5. The van der Waals surface area contributed by atoms with Gasteiger partial charge in [0, 0.05) is 0 Å². The summed E-state index contributed by atoms with van der Waals surface area (Å²) < 4.78 is 0. The predicted molar refractivity (Wildman–Crippen MR) is 88.8 cm³/mol. The minimum absolute atomic E-state index is 0.254. The van der Waals surface area contributed by atoms with E-state index in [9.17, 15) is 5.11 Å². The van der Waals surface area contributed by atoms with Crippen LogP contribution in [-0.4, -0.2) is 11.2 Å². The molecule has 1 heteroatoms. The molecule has 3 aliphatic rings. The number of fused-ring (bicyclic) bond motifs is 3. The van der Waals surface area contributed by atoms with Crippen molar-refractivity contribution in [2.24, 2.45) is 40.9 Å². The van der Waals surface area contributed by atoms with Crippen LogP contribution < -0.4 is 0 Å². The molecule has 118 valence electrons. The molecule has 0 bridgehead atoms. The molecule has 1 nitrogen and oxygen atoms in total. The van der Waals surface area contributed by atoms with Crippen LogP contribution in [0.25, 0.3) is 0 Å². The number of hydrogen-bond acceptors (Lipinski definition) is 1. The smallest absolute Gasteiger partial charge is 0.0784 e. The maximum Gasteiger partial charge on any atom is 0.0784 e. The van der Waals surface area contributed by atoms with Crippen LogP contribution in [-0.2, 0) is 0 Å². The quantitative estimate of drug-likeness (QED) is 0.722. The highest BCUT2D eigenvalue weighted by atomic mass is 16.3. The number of hydrogen-bond donors (Lipinski definition) is 1. The molecule has 0 aromatic carbocycles. The van der Waals surface area contributed by atoms with Gasteiger partial charge in [-0.25, -0.2) is 0 Å². The molecule has 0 aliphatic heterocycles. The molecule has 0 aromatic rings. The van der Waals surface area contributed by atoms with Crippen molar-refractivity contribution in [1.29, 1.82) is 0 Å². The fraction of sp³-hybridized carbons (Fsp3) is 0.800. The summed E-state index contributed by atoms with van der Waals surface area (Å²) in [5.41, 5.74) is 1.61. The summed E-state index contributed by atoms with van der Waals surface area (Å²) in [7, 11) is 0. The molecule has 0 radical (unpaired) electrons. The van der Waals surface area contributed by atoms with E-state index in [-0.39, 0.29) is 6.10 Å². The Hall–Kier alpha value is -0.560. The van der Waals surface area contributed by atoms with E-state index in [1.807, 2.05) is 0 Å². The largest absolute Gasteiger partial charge is 0.388 e. The van der Waals surface area contributed by atoms with Crippen molar-refractivity contribution in [3.63, 3.8) is 0 Å². The Morgan fingerprint density at radius 3 is 2.67 bits per heavy atom. The van der Waals surface area contributed by atoms with Crippen molar-refractivity contribution >= 4 is 0 Å². The van der Waals surface area contributed by atoms with Crippen LogP contribution in [0, 0.1) is 40.9 Å². The zero-order chi connectivity index (χ0) is 15.4. The summed E-state index contributed by atoms with van der Waals surface area (Å²) in [4.78, 5) is 0. The van der Waals surface area contributed by atoms with Crippen molar-refractivity contribution in [3.05, 3.63) is 24.3 Å². The molecule has 0 spiro atoms. The fourth-order valence-corrected chi connectivity index (χ4v) is 6.05. The molecule has 3 rings (SSSR count). The van der Waals surface area contributed by atoms with Crippen LogP contribution in [0.3, 0.4) is 0 Å². The number of rotatable bonds is 2. The van der Waals surface area contributed by atoms with Crippen molar-refractivity contribution in [1.82, 2.24) is 0 Å². The van der Waals surface area contributed by atoms with E-state index >= 15 is 0 Å². The average Bonchev–Trinajstić information content (AvgIpc) is 2.99. The summed E-state index contributed by atoms with van der Waals surface area (Å²) in [5, 5.41) is 10.9. The lowest BCUT2D eigenvalue weighted by Crippen LogP contribution is -2.38. The highest BCUT2D eigenvalue weighted by Gasteiger charge is 2.56. The lowest BCUT2D eigenvalue weighted by atomic mass is 9.64. The Morgan fingerprint density at radius 1 is 1.33 bits per heavy atom.